The van der Waals surface area contributed by atoms with E-state index in [0.717, 1.165) is 66.9 Å². The van der Waals surface area contributed by atoms with Crippen molar-refractivity contribution in [2.75, 3.05) is 13.2 Å². The molecule has 0 aliphatic carbocycles. The summed E-state index contributed by atoms with van der Waals surface area (Å²) in [6.45, 7) is 3.83. The lowest BCUT2D eigenvalue weighted by Crippen LogP contribution is -2.14. The molecule has 2 atom stereocenters. The van der Waals surface area contributed by atoms with E-state index in [1.165, 1.54) is 12.0 Å². The van der Waals surface area contributed by atoms with Gasteiger partial charge in [0.1, 0.15) is 11.3 Å². The van der Waals surface area contributed by atoms with Crippen molar-refractivity contribution >= 4 is 34.0 Å². The predicted molar refractivity (Wildman–Crippen MR) is 132 cm³/mol. The number of hydrogen-bond donors (Lipinski definition) is 3. The van der Waals surface area contributed by atoms with E-state index in [1.54, 1.807) is 6.07 Å². The third-order valence-corrected chi connectivity index (χ3v) is 6.44. The van der Waals surface area contributed by atoms with Crippen LogP contribution in [0.4, 0.5) is 0 Å². The summed E-state index contributed by atoms with van der Waals surface area (Å²) in [4.78, 5) is 14.2. The summed E-state index contributed by atoms with van der Waals surface area (Å²) in [5.74, 6) is 0.594. The first-order valence-electron chi connectivity index (χ1n) is 10.8. The second-order valence-electron chi connectivity index (χ2n) is 8.04. The zero-order valence-corrected chi connectivity index (χ0v) is 19.6. The standard InChI is InChI=1S/C24H32N2O3S.ClH/c1-17(8-4-3-7-14-29-15-13-18-9-5-2-6-10-18)16-20(25)19-11-12-21(27)22-23(19)30-24(28)26-22;/h2,5-6,9-12,17,20,27H,3-4,7-8,13-16,25H2,1H3,(H,26,28);1H. The molecule has 0 fully saturated rings. The normalized spacial score (nSPS) is 13.1. The lowest BCUT2D eigenvalue weighted by atomic mass is 9.92. The summed E-state index contributed by atoms with van der Waals surface area (Å²) in [5, 5.41) is 9.94. The number of rotatable bonds is 12. The van der Waals surface area contributed by atoms with Gasteiger partial charge in [0.15, 0.2) is 0 Å². The molecule has 0 radical (unpaired) electrons. The van der Waals surface area contributed by atoms with E-state index in [1.807, 2.05) is 12.1 Å². The Labute approximate surface area is 194 Å². The molecule has 7 heteroatoms. The van der Waals surface area contributed by atoms with Gasteiger partial charge in [-0.1, -0.05) is 73.9 Å². The number of halogens is 1. The van der Waals surface area contributed by atoms with Gasteiger partial charge in [0, 0.05) is 12.6 Å². The summed E-state index contributed by atoms with van der Waals surface area (Å²) in [6.07, 6.45) is 6.37. The van der Waals surface area contributed by atoms with Gasteiger partial charge in [-0.3, -0.25) is 4.79 Å². The average Bonchev–Trinajstić information content (AvgIpc) is 3.13. The largest absolute Gasteiger partial charge is 0.506 e. The molecule has 0 amide bonds. The van der Waals surface area contributed by atoms with Crippen LogP contribution in [0.2, 0.25) is 0 Å². The third kappa shape index (κ3) is 7.65. The Balaban J connectivity index is 0.00000341. The molecule has 4 N–H and O–H groups in total. The summed E-state index contributed by atoms with van der Waals surface area (Å²) in [6, 6.07) is 13.7. The van der Waals surface area contributed by atoms with E-state index in [0.29, 0.717) is 11.4 Å². The maximum absolute atomic E-state index is 11.7. The van der Waals surface area contributed by atoms with E-state index in [-0.39, 0.29) is 29.1 Å². The van der Waals surface area contributed by atoms with Crippen LogP contribution in [0.15, 0.2) is 47.3 Å². The van der Waals surface area contributed by atoms with Gasteiger partial charge in [-0.05, 0) is 42.4 Å². The predicted octanol–water partition coefficient (Wildman–Crippen LogP) is 5.56. The molecule has 0 saturated carbocycles. The quantitative estimate of drug-likeness (QED) is 0.306. The molecule has 0 aliphatic rings. The molecule has 3 rings (SSSR count). The number of ether oxygens (including phenoxy) is 1. The van der Waals surface area contributed by atoms with Gasteiger partial charge in [-0.25, -0.2) is 0 Å². The maximum Gasteiger partial charge on any atom is 0.305 e. The Morgan fingerprint density at radius 2 is 1.87 bits per heavy atom. The average molecular weight is 465 g/mol. The van der Waals surface area contributed by atoms with Crippen molar-refractivity contribution in [1.82, 2.24) is 4.98 Å². The number of unbranched alkanes of at least 4 members (excludes halogenated alkanes) is 2. The highest BCUT2D eigenvalue weighted by Crippen LogP contribution is 2.33. The van der Waals surface area contributed by atoms with Crippen molar-refractivity contribution < 1.29 is 9.84 Å². The minimum Gasteiger partial charge on any atom is -0.506 e. The molecule has 1 heterocycles. The molecule has 1 aromatic heterocycles. The van der Waals surface area contributed by atoms with Gasteiger partial charge in [-0.15, -0.1) is 12.4 Å². The molecule has 5 nitrogen and oxygen atoms in total. The number of nitrogens with two attached hydrogens (primary N) is 1. The first kappa shape index (κ1) is 25.4. The van der Waals surface area contributed by atoms with Gasteiger partial charge < -0.3 is 20.6 Å². The Morgan fingerprint density at radius 3 is 2.65 bits per heavy atom. The van der Waals surface area contributed by atoms with E-state index < -0.39 is 0 Å². The van der Waals surface area contributed by atoms with Crippen LogP contribution in [0.5, 0.6) is 5.75 Å². The fourth-order valence-electron chi connectivity index (χ4n) is 3.82. The summed E-state index contributed by atoms with van der Waals surface area (Å²) in [7, 11) is 0. The van der Waals surface area contributed by atoms with Crippen molar-refractivity contribution in [3.8, 4) is 5.75 Å². The molecule has 0 bridgehead atoms. The van der Waals surface area contributed by atoms with E-state index in [9.17, 15) is 9.90 Å². The minimum absolute atomic E-state index is 0. The lowest BCUT2D eigenvalue weighted by Gasteiger charge is -2.18. The van der Waals surface area contributed by atoms with Gasteiger partial charge in [0.05, 0.1) is 11.3 Å². The number of aromatic hydroxyl groups is 1. The second-order valence-corrected chi connectivity index (χ2v) is 9.02. The molecule has 2 aromatic carbocycles. The van der Waals surface area contributed by atoms with E-state index in [2.05, 4.69) is 36.2 Å². The number of aromatic nitrogens is 1. The number of H-pyrrole nitrogens is 1. The Morgan fingerprint density at radius 1 is 1.10 bits per heavy atom. The fraction of sp³-hybridized carbons (Fsp3) is 0.458. The van der Waals surface area contributed by atoms with Gasteiger partial charge >= 0.3 is 4.87 Å². The van der Waals surface area contributed by atoms with Crippen molar-refractivity contribution in [2.24, 2.45) is 11.7 Å². The van der Waals surface area contributed by atoms with Crippen LogP contribution in [0.3, 0.4) is 0 Å². The zero-order valence-electron chi connectivity index (χ0n) is 18.0. The number of phenols is 1. The molecular formula is C24H33ClN2O3S. The summed E-state index contributed by atoms with van der Waals surface area (Å²) in [5.41, 5.74) is 9.20. The Kier molecular flexibility index (Phi) is 10.5. The smallest absolute Gasteiger partial charge is 0.305 e. The Hall–Kier alpha value is -1.86. The van der Waals surface area contributed by atoms with Crippen molar-refractivity contribution in [3.63, 3.8) is 0 Å². The fourth-order valence-corrected chi connectivity index (χ4v) is 4.75. The summed E-state index contributed by atoms with van der Waals surface area (Å²) >= 11 is 1.11. The molecular weight excluding hydrogens is 432 g/mol. The van der Waals surface area contributed by atoms with Crippen LogP contribution in [0, 0.1) is 5.92 Å². The van der Waals surface area contributed by atoms with Gasteiger partial charge in [0.25, 0.3) is 0 Å². The number of fused-ring (bicyclic) bond motifs is 1. The summed E-state index contributed by atoms with van der Waals surface area (Å²) < 4.78 is 6.52. The highest BCUT2D eigenvalue weighted by molar-refractivity contribution is 7.16. The second kappa shape index (κ2) is 12.9. The molecule has 31 heavy (non-hydrogen) atoms. The number of thiazole rings is 1. The minimum atomic E-state index is -0.168. The van der Waals surface area contributed by atoms with Crippen LogP contribution in [0.1, 0.15) is 56.2 Å². The first-order chi connectivity index (χ1) is 14.5. The molecule has 3 aromatic rings. The molecule has 0 aliphatic heterocycles. The maximum atomic E-state index is 11.7. The van der Waals surface area contributed by atoms with E-state index >= 15 is 0 Å². The van der Waals surface area contributed by atoms with Gasteiger partial charge in [0.2, 0.25) is 0 Å². The SMILES string of the molecule is CC(CCCCCOCCc1ccccc1)CC(N)c1ccc(O)c2[nH]c(=O)sc12.Cl. The monoisotopic (exact) mass is 464 g/mol. The highest BCUT2D eigenvalue weighted by atomic mass is 35.5. The van der Waals surface area contributed by atoms with Crippen LogP contribution >= 0.6 is 23.7 Å². The lowest BCUT2D eigenvalue weighted by molar-refractivity contribution is 0.132. The number of hydrogen-bond acceptors (Lipinski definition) is 5. The van der Waals surface area contributed by atoms with Crippen molar-refractivity contribution in [3.05, 3.63) is 63.3 Å². The number of aromatic amines is 1. The van der Waals surface area contributed by atoms with Crippen LogP contribution in [-0.2, 0) is 11.2 Å². The molecule has 0 saturated heterocycles. The molecule has 170 valence electrons. The first-order valence-corrected chi connectivity index (χ1v) is 11.6. The third-order valence-electron chi connectivity index (χ3n) is 5.51. The number of phenolic OH excluding ortho intramolecular Hbond substituents is 1. The Bertz CT molecular complexity index is 974. The number of benzene rings is 2. The van der Waals surface area contributed by atoms with Crippen molar-refractivity contribution in [1.29, 1.82) is 0 Å². The number of nitrogens with one attached hydrogen (secondary N) is 1. The van der Waals surface area contributed by atoms with Crippen LogP contribution in [-0.4, -0.2) is 23.3 Å². The highest BCUT2D eigenvalue weighted by Gasteiger charge is 2.17. The molecule has 2 unspecified atom stereocenters. The molecule has 0 spiro atoms. The topological polar surface area (TPSA) is 88.3 Å². The van der Waals surface area contributed by atoms with Crippen LogP contribution in [0.25, 0.3) is 10.2 Å². The van der Waals surface area contributed by atoms with Crippen molar-refractivity contribution in [2.45, 2.75) is 51.5 Å². The van der Waals surface area contributed by atoms with E-state index in [4.69, 9.17) is 10.5 Å². The van der Waals surface area contributed by atoms with Crippen LogP contribution < -0.4 is 10.6 Å². The zero-order chi connectivity index (χ0) is 21.3. The van der Waals surface area contributed by atoms with Gasteiger partial charge in [-0.2, -0.15) is 0 Å².